The van der Waals surface area contributed by atoms with Crippen molar-refractivity contribution in [2.75, 3.05) is 6.54 Å². The molecule has 2 rings (SSSR count). The molecule has 1 aliphatic rings. The Kier molecular flexibility index (Phi) is 2.36. The summed E-state index contributed by atoms with van der Waals surface area (Å²) in [5.41, 5.74) is 2.47. The molecule has 0 aromatic carbocycles. The Bertz CT molecular complexity index is 265. The fourth-order valence-corrected chi connectivity index (χ4v) is 1.92. The van der Waals surface area contributed by atoms with Crippen LogP contribution in [-0.4, -0.2) is 22.4 Å². The lowest BCUT2D eigenvalue weighted by Crippen LogP contribution is -2.23. The van der Waals surface area contributed by atoms with E-state index in [0.717, 1.165) is 6.42 Å². The van der Waals surface area contributed by atoms with Gasteiger partial charge in [-0.2, -0.15) is 5.10 Å². The maximum absolute atomic E-state index is 4.45. The average molecular weight is 179 g/mol. The van der Waals surface area contributed by atoms with Crippen LogP contribution in [0.4, 0.5) is 0 Å². The molecule has 1 aromatic rings. The van der Waals surface area contributed by atoms with Gasteiger partial charge in [-0.15, -0.1) is 0 Å². The van der Waals surface area contributed by atoms with E-state index < -0.39 is 0 Å². The molecule has 2 heterocycles. The molecule has 0 bridgehead atoms. The summed E-state index contributed by atoms with van der Waals surface area (Å²) < 4.78 is 1.95. The van der Waals surface area contributed by atoms with Gasteiger partial charge in [0.25, 0.3) is 0 Å². The van der Waals surface area contributed by atoms with E-state index in [1.54, 1.807) is 0 Å². The summed E-state index contributed by atoms with van der Waals surface area (Å²) in [4.78, 5) is 0. The third-order valence-electron chi connectivity index (χ3n) is 2.78. The van der Waals surface area contributed by atoms with E-state index in [1.807, 2.05) is 11.7 Å². The Morgan fingerprint density at radius 2 is 2.54 bits per heavy atom. The molecular weight excluding hydrogens is 162 g/mol. The third kappa shape index (κ3) is 1.91. The van der Waals surface area contributed by atoms with Gasteiger partial charge in [0.2, 0.25) is 0 Å². The number of hydrogen-bond acceptors (Lipinski definition) is 2. The van der Waals surface area contributed by atoms with Crippen molar-refractivity contribution in [2.45, 2.75) is 32.2 Å². The summed E-state index contributed by atoms with van der Waals surface area (Å²) in [6.45, 7) is 3.27. The molecule has 1 aromatic heterocycles. The van der Waals surface area contributed by atoms with E-state index in [1.165, 1.54) is 30.8 Å². The molecular formula is C10H17N3. The van der Waals surface area contributed by atoms with Gasteiger partial charge in [-0.3, -0.25) is 4.68 Å². The second-order valence-electron chi connectivity index (χ2n) is 3.90. The van der Waals surface area contributed by atoms with E-state index in [4.69, 9.17) is 0 Å². The molecule has 13 heavy (non-hydrogen) atoms. The lowest BCUT2D eigenvalue weighted by molar-refractivity contribution is 0.586. The first kappa shape index (κ1) is 8.75. The predicted octanol–water partition coefficient (Wildman–Crippen LogP) is 1.02. The van der Waals surface area contributed by atoms with Crippen LogP contribution >= 0.6 is 0 Å². The molecule has 3 heteroatoms. The van der Waals surface area contributed by atoms with E-state index in [0.29, 0.717) is 6.04 Å². The van der Waals surface area contributed by atoms with Crippen molar-refractivity contribution in [3.8, 4) is 0 Å². The van der Waals surface area contributed by atoms with Crippen molar-refractivity contribution in [2.24, 2.45) is 7.05 Å². The summed E-state index contributed by atoms with van der Waals surface area (Å²) in [5.74, 6) is 0. The predicted molar refractivity (Wildman–Crippen MR) is 52.7 cm³/mol. The van der Waals surface area contributed by atoms with Crippen molar-refractivity contribution in [1.29, 1.82) is 0 Å². The average Bonchev–Trinajstić information content (AvgIpc) is 2.64. The number of aromatic nitrogens is 2. The maximum Gasteiger partial charge on any atom is 0.0642 e. The molecule has 1 N–H and O–H groups in total. The van der Waals surface area contributed by atoms with Gasteiger partial charge in [0.15, 0.2) is 0 Å². The van der Waals surface area contributed by atoms with Crippen LogP contribution in [0, 0.1) is 6.92 Å². The zero-order chi connectivity index (χ0) is 9.26. The highest BCUT2D eigenvalue weighted by Crippen LogP contribution is 2.11. The summed E-state index contributed by atoms with van der Waals surface area (Å²) in [6, 6.07) is 2.84. The van der Waals surface area contributed by atoms with Gasteiger partial charge in [0, 0.05) is 25.2 Å². The Morgan fingerprint density at radius 1 is 1.69 bits per heavy atom. The molecule has 0 spiro atoms. The fraction of sp³-hybridized carbons (Fsp3) is 0.700. The quantitative estimate of drug-likeness (QED) is 0.734. The first-order valence-corrected chi connectivity index (χ1v) is 4.98. The third-order valence-corrected chi connectivity index (χ3v) is 2.78. The second-order valence-corrected chi connectivity index (χ2v) is 3.90. The topological polar surface area (TPSA) is 29.9 Å². The number of nitrogens with one attached hydrogen (secondary N) is 1. The van der Waals surface area contributed by atoms with Crippen LogP contribution in [-0.2, 0) is 13.5 Å². The van der Waals surface area contributed by atoms with Crippen LogP contribution in [0.15, 0.2) is 6.07 Å². The van der Waals surface area contributed by atoms with Crippen molar-refractivity contribution in [3.63, 3.8) is 0 Å². The smallest absolute Gasteiger partial charge is 0.0642 e. The zero-order valence-corrected chi connectivity index (χ0v) is 8.38. The zero-order valence-electron chi connectivity index (χ0n) is 8.38. The largest absolute Gasteiger partial charge is 0.314 e. The lowest BCUT2D eigenvalue weighted by Gasteiger charge is -2.06. The number of rotatable bonds is 2. The number of aryl methyl sites for hydroxylation is 2. The van der Waals surface area contributed by atoms with Gasteiger partial charge >= 0.3 is 0 Å². The lowest BCUT2D eigenvalue weighted by atomic mass is 10.1. The summed E-state index contributed by atoms with van der Waals surface area (Å²) in [5, 5.41) is 7.93. The van der Waals surface area contributed by atoms with Gasteiger partial charge < -0.3 is 5.32 Å². The molecule has 0 aliphatic carbocycles. The van der Waals surface area contributed by atoms with Gasteiger partial charge in [0.05, 0.1) is 5.69 Å². The van der Waals surface area contributed by atoms with E-state index in [2.05, 4.69) is 23.4 Å². The van der Waals surface area contributed by atoms with Crippen molar-refractivity contribution >= 4 is 0 Å². The van der Waals surface area contributed by atoms with Crippen molar-refractivity contribution < 1.29 is 0 Å². The fourth-order valence-electron chi connectivity index (χ4n) is 1.92. The molecule has 1 saturated heterocycles. The Morgan fingerprint density at radius 3 is 3.08 bits per heavy atom. The first-order valence-electron chi connectivity index (χ1n) is 4.98. The van der Waals surface area contributed by atoms with E-state index in [-0.39, 0.29) is 0 Å². The molecule has 1 atom stereocenters. The molecule has 1 fully saturated rings. The molecule has 1 aliphatic heterocycles. The Hall–Kier alpha value is -0.830. The molecule has 0 amide bonds. The van der Waals surface area contributed by atoms with Crippen LogP contribution in [0.25, 0.3) is 0 Å². The summed E-state index contributed by atoms with van der Waals surface area (Å²) >= 11 is 0. The molecule has 0 radical (unpaired) electrons. The SMILES string of the molecule is Cc1cc(CC2CCCN2)nn1C. The molecule has 0 saturated carbocycles. The monoisotopic (exact) mass is 179 g/mol. The maximum atomic E-state index is 4.45. The van der Waals surface area contributed by atoms with Gasteiger partial charge in [-0.05, 0) is 32.4 Å². The van der Waals surface area contributed by atoms with Crippen LogP contribution in [0.5, 0.6) is 0 Å². The summed E-state index contributed by atoms with van der Waals surface area (Å²) in [6.07, 6.45) is 3.70. The standard InChI is InChI=1S/C10H17N3/c1-8-6-10(12-13(8)2)7-9-4-3-5-11-9/h6,9,11H,3-5,7H2,1-2H3. The molecule has 72 valence electrons. The van der Waals surface area contributed by atoms with Crippen molar-refractivity contribution in [3.05, 3.63) is 17.5 Å². The van der Waals surface area contributed by atoms with Gasteiger partial charge in [0.1, 0.15) is 0 Å². The number of hydrogen-bond donors (Lipinski definition) is 1. The van der Waals surface area contributed by atoms with E-state index >= 15 is 0 Å². The molecule has 3 nitrogen and oxygen atoms in total. The number of nitrogens with zero attached hydrogens (tertiary/aromatic N) is 2. The second kappa shape index (κ2) is 3.50. The Labute approximate surface area is 79.1 Å². The van der Waals surface area contributed by atoms with Crippen molar-refractivity contribution in [1.82, 2.24) is 15.1 Å². The minimum absolute atomic E-state index is 0.661. The van der Waals surface area contributed by atoms with E-state index in [9.17, 15) is 0 Å². The Balaban J connectivity index is 2.00. The summed E-state index contributed by atoms with van der Waals surface area (Å²) in [7, 11) is 2.00. The van der Waals surface area contributed by atoms with Crippen LogP contribution in [0.1, 0.15) is 24.2 Å². The highest BCUT2D eigenvalue weighted by Gasteiger charge is 2.15. The van der Waals surface area contributed by atoms with Crippen LogP contribution < -0.4 is 5.32 Å². The van der Waals surface area contributed by atoms with Crippen LogP contribution in [0.3, 0.4) is 0 Å². The highest BCUT2D eigenvalue weighted by atomic mass is 15.3. The minimum atomic E-state index is 0.661. The first-order chi connectivity index (χ1) is 6.25. The normalized spacial score (nSPS) is 22.5. The van der Waals surface area contributed by atoms with Gasteiger partial charge in [-0.1, -0.05) is 0 Å². The van der Waals surface area contributed by atoms with Gasteiger partial charge in [-0.25, -0.2) is 0 Å². The molecule has 1 unspecified atom stereocenters. The van der Waals surface area contributed by atoms with Crippen LogP contribution in [0.2, 0.25) is 0 Å². The minimum Gasteiger partial charge on any atom is -0.314 e. The highest BCUT2D eigenvalue weighted by molar-refractivity contribution is 5.10.